The molecule has 4 rings (SSSR count). The second kappa shape index (κ2) is 6.07. The van der Waals surface area contributed by atoms with E-state index in [1.165, 1.54) is 17.5 Å². The van der Waals surface area contributed by atoms with Gasteiger partial charge in [-0.25, -0.2) is 4.98 Å². The molecule has 1 amide bonds. The van der Waals surface area contributed by atoms with E-state index in [1.807, 2.05) is 32.0 Å². The van der Waals surface area contributed by atoms with E-state index in [0.717, 1.165) is 29.1 Å². The smallest absolute Gasteiger partial charge is 0.271 e. The summed E-state index contributed by atoms with van der Waals surface area (Å²) in [5.74, 6) is -0.261. The van der Waals surface area contributed by atoms with Gasteiger partial charge in [-0.1, -0.05) is 6.07 Å². The van der Waals surface area contributed by atoms with Gasteiger partial charge in [0.15, 0.2) is 4.96 Å². The molecule has 0 radical (unpaired) electrons. The van der Waals surface area contributed by atoms with Crippen molar-refractivity contribution in [2.24, 2.45) is 0 Å². The molecule has 0 aliphatic carbocycles. The maximum absolute atomic E-state index is 13.1. The van der Waals surface area contributed by atoms with Gasteiger partial charge < -0.3 is 4.90 Å². The van der Waals surface area contributed by atoms with E-state index >= 15 is 0 Å². The number of thiazole rings is 1. The summed E-state index contributed by atoms with van der Waals surface area (Å²) in [4.78, 5) is 38.1. The number of pyridine rings is 1. The lowest BCUT2D eigenvalue weighted by molar-refractivity contribution is 0.0730. The molecular formula is C18H18N4O2S. The van der Waals surface area contributed by atoms with Crippen LogP contribution in [0.15, 0.2) is 35.4 Å². The fourth-order valence-corrected chi connectivity index (χ4v) is 4.30. The molecule has 1 aliphatic heterocycles. The lowest BCUT2D eigenvalue weighted by Crippen LogP contribution is -2.35. The summed E-state index contributed by atoms with van der Waals surface area (Å²) in [6.45, 7) is 4.46. The third-order valence-corrected chi connectivity index (χ3v) is 5.86. The van der Waals surface area contributed by atoms with E-state index in [4.69, 9.17) is 0 Å². The van der Waals surface area contributed by atoms with Crippen LogP contribution in [0.1, 0.15) is 45.5 Å². The highest BCUT2D eigenvalue weighted by atomic mass is 32.1. The zero-order valence-corrected chi connectivity index (χ0v) is 14.9. The molecule has 7 heteroatoms. The topological polar surface area (TPSA) is 67.6 Å². The molecule has 1 saturated heterocycles. The molecule has 128 valence electrons. The Bertz CT molecular complexity index is 1010. The first-order valence-electron chi connectivity index (χ1n) is 8.27. The molecule has 0 spiro atoms. The molecule has 4 heterocycles. The van der Waals surface area contributed by atoms with E-state index in [0.29, 0.717) is 11.5 Å². The molecule has 1 atom stereocenters. The molecular weight excluding hydrogens is 336 g/mol. The summed E-state index contributed by atoms with van der Waals surface area (Å²) in [5, 5.41) is 0. The number of amides is 1. The highest BCUT2D eigenvalue weighted by molar-refractivity contribution is 7.17. The Morgan fingerprint density at radius 1 is 1.28 bits per heavy atom. The van der Waals surface area contributed by atoms with E-state index in [-0.39, 0.29) is 23.1 Å². The second-order valence-corrected chi connectivity index (χ2v) is 7.43. The average Bonchev–Trinajstić information content (AvgIpc) is 3.21. The normalized spacial score (nSPS) is 17.4. The Labute approximate surface area is 148 Å². The molecule has 0 unspecified atom stereocenters. The second-order valence-electron chi connectivity index (χ2n) is 6.25. The van der Waals surface area contributed by atoms with Gasteiger partial charge in [-0.15, -0.1) is 11.3 Å². The Kier molecular flexibility index (Phi) is 3.88. The number of fused-ring (bicyclic) bond motifs is 1. The van der Waals surface area contributed by atoms with Crippen molar-refractivity contribution in [3.8, 4) is 0 Å². The van der Waals surface area contributed by atoms with E-state index < -0.39 is 0 Å². The maximum Gasteiger partial charge on any atom is 0.271 e. The standard InChI is InChI=1S/C18H18N4O2S/c1-11-12(2)25-18-20-10-13(17(24)22(11)18)16(23)21-9-5-7-15(21)14-6-3-4-8-19-14/h3-4,6,8,10,15H,5,7,9H2,1-2H3/t15-/m0/s1. The van der Waals surface area contributed by atoms with Gasteiger partial charge in [0.1, 0.15) is 5.56 Å². The van der Waals surface area contributed by atoms with Gasteiger partial charge >= 0.3 is 0 Å². The monoisotopic (exact) mass is 354 g/mol. The maximum atomic E-state index is 13.1. The van der Waals surface area contributed by atoms with Crippen LogP contribution in [0, 0.1) is 13.8 Å². The average molecular weight is 354 g/mol. The van der Waals surface area contributed by atoms with E-state index in [1.54, 1.807) is 15.5 Å². The molecule has 1 fully saturated rings. The molecule has 0 bridgehead atoms. The number of carbonyl (C=O) groups excluding carboxylic acids is 1. The number of nitrogens with zero attached hydrogens (tertiary/aromatic N) is 4. The van der Waals surface area contributed by atoms with Crippen LogP contribution in [0.5, 0.6) is 0 Å². The third kappa shape index (κ3) is 2.55. The van der Waals surface area contributed by atoms with Crippen molar-refractivity contribution in [2.45, 2.75) is 32.7 Å². The summed E-state index contributed by atoms with van der Waals surface area (Å²) >= 11 is 1.46. The van der Waals surface area contributed by atoms with Gasteiger partial charge in [0.25, 0.3) is 11.5 Å². The molecule has 0 N–H and O–H groups in total. The fraction of sp³-hybridized carbons (Fsp3) is 0.333. The van der Waals surface area contributed by atoms with Gasteiger partial charge in [0.2, 0.25) is 0 Å². The third-order valence-electron chi connectivity index (χ3n) is 4.79. The van der Waals surface area contributed by atoms with Crippen LogP contribution in [-0.2, 0) is 0 Å². The summed E-state index contributed by atoms with van der Waals surface area (Å²) in [7, 11) is 0. The summed E-state index contributed by atoms with van der Waals surface area (Å²) in [6, 6.07) is 5.62. The molecule has 3 aromatic heterocycles. The van der Waals surface area contributed by atoms with Crippen molar-refractivity contribution < 1.29 is 4.79 Å². The Balaban J connectivity index is 1.76. The lowest BCUT2D eigenvalue weighted by Gasteiger charge is -2.24. The minimum absolute atomic E-state index is 0.0842. The quantitative estimate of drug-likeness (QED) is 0.710. The molecule has 6 nitrogen and oxygen atoms in total. The van der Waals surface area contributed by atoms with Crippen LogP contribution < -0.4 is 5.56 Å². The Hall–Kier alpha value is -2.54. The minimum atomic E-state index is -0.288. The van der Waals surface area contributed by atoms with Crippen molar-refractivity contribution >= 4 is 22.2 Å². The number of carbonyl (C=O) groups is 1. The van der Waals surface area contributed by atoms with E-state index in [9.17, 15) is 9.59 Å². The largest absolute Gasteiger partial charge is 0.330 e. The molecule has 0 saturated carbocycles. The fourth-order valence-electron chi connectivity index (χ4n) is 3.37. The predicted molar refractivity (Wildman–Crippen MR) is 96.1 cm³/mol. The van der Waals surface area contributed by atoms with Crippen molar-refractivity contribution in [3.05, 3.63) is 62.8 Å². The van der Waals surface area contributed by atoms with Crippen LogP contribution in [-0.4, -0.2) is 31.7 Å². The van der Waals surface area contributed by atoms with Crippen molar-refractivity contribution in [2.75, 3.05) is 6.54 Å². The zero-order valence-electron chi connectivity index (χ0n) is 14.1. The van der Waals surface area contributed by atoms with Crippen molar-refractivity contribution in [1.82, 2.24) is 19.3 Å². The van der Waals surface area contributed by atoms with Gasteiger partial charge in [-0.05, 0) is 38.8 Å². The first kappa shape index (κ1) is 16.0. The van der Waals surface area contributed by atoms with Crippen molar-refractivity contribution in [3.63, 3.8) is 0 Å². The van der Waals surface area contributed by atoms with Crippen LogP contribution in [0.3, 0.4) is 0 Å². The highest BCUT2D eigenvalue weighted by Crippen LogP contribution is 2.31. The minimum Gasteiger partial charge on any atom is -0.330 e. The van der Waals surface area contributed by atoms with Gasteiger partial charge in [0.05, 0.1) is 11.7 Å². The first-order valence-corrected chi connectivity index (χ1v) is 9.09. The summed E-state index contributed by atoms with van der Waals surface area (Å²) < 4.78 is 1.54. The lowest BCUT2D eigenvalue weighted by atomic mass is 10.1. The van der Waals surface area contributed by atoms with Crippen LogP contribution >= 0.6 is 11.3 Å². The summed E-state index contributed by atoms with van der Waals surface area (Å²) in [5.41, 5.74) is 1.55. The van der Waals surface area contributed by atoms with Crippen LogP contribution in [0.25, 0.3) is 4.96 Å². The predicted octanol–water partition coefficient (Wildman–Crippen LogP) is 2.75. The van der Waals surface area contributed by atoms with Gasteiger partial charge in [0, 0.05) is 29.5 Å². The Morgan fingerprint density at radius 3 is 2.88 bits per heavy atom. The number of aryl methyl sites for hydroxylation is 2. The SMILES string of the molecule is Cc1sc2ncc(C(=O)N3CCC[C@H]3c3ccccn3)c(=O)n2c1C. The van der Waals surface area contributed by atoms with Gasteiger partial charge in [-0.3, -0.25) is 19.0 Å². The first-order chi connectivity index (χ1) is 12.1. The summed E-state index contributed by atoms with van der Waals surface area (Å²) in [6.07, 6.45) is 4.91. The molecule has 1 aliphatic rings. The van der Waals surface area contributed by atoms with Crippen LogP contribution in [0.4, 0.5) is 0 Å². The Morgan fingerprint density at radius 2 is 2.12 bits per heavy atom. The van der Waals surface area contributed by atoms with Gasteiger partial charge in [-0.2, -0.15) is 0 Å². The number of rotatable bonds is 2. The van der Waals surface area contributed by atoms with Crippen molar-refractivity contribution in [1.29, 1.82) is 0 Å². The molecule has 0 aromatic carbocycles. The molecule has 25 heavy (non-hydrogen) atoms. The number of hydrogen-bond acceptors (Lipinski definition) is 5. The van der Waals surface area contributed by atoms with Crippen LogP contribution in [0.2, 0.25) is 0 Å². The number of aromatic nitrogens is 3. The highest BCUT2D eigenvalue weighted by Gasteiger charge is 2.33. The zero-order chi connectivity index (χ0) is 17.6. The number of likely N-dealkylation sites (tertiary alicyclic amines) is 1. The molecule has 3 aromatic rings. The van der Waals surface area contributed by atoms with E-state index in [2.05, 4.69) is 9.97 Å². The number of hydrogen-bond donors (Lipinski definition) is 0.